The van der Waals surface area contributed by atoms with Crippen molar-refractivity contribution in [2.45, 2.75) is 31.7 Å². The van der Waals surface area contributed by atoms with E-state index in [1.165, 1.54) is 18.2 Å². The summed E-state index contributed by atoms with van der Waals surface area (Å²) in [6.07, 6.45) is 3.45. The predicted octanol–water partition coefficient (Wildman–Crippen LogP) is 2.12. The van der Waals surface area contributed by atoms with E-state index in [1.54, 1.807) is 6.07 Å². The zero-order chi connectivity index (χ0) is 17.1. The van der Waals surface area contributed by atoms with Crippen molar-refractivity contribution in [3.8, 4) is 0 Å². The van der Waals surface area contributed by atoms with Crippen molar-refractivity contribution < 1.29 is 14.5 Å². The molecule has 8 heteroatoms. The number of nitro benzene ring substituents is 1. The zero-order valence-corrected chi connectivity index (χ0v) is 13.2. The molecule has 1 aromatic rings. The number of anilines is 1. The molecule has 0 spiro atoms. The smallest absolute Gasteiger partial charge is 0.319 e. The molecule has 1 saturated carbocycles. The number of amides is 3. The molecule has 3 rings (SSSR count). The second-order valence-corrected chi connectivity index (χ2v) is 6.28. The number of rotatable bonds is 4. The van der Waals surface area contributed by atoms with Crippen molar-refractivity contribution in [2.24, 2.45) is 5.92 Å². The summed E-state index contributed by atoms with van der Waals surface area (Å²) >= 11 is 0. The number of carbonyl (C=O) groups excluding carboxylic acids is 2. The molecule has 3 amide bonds. The number of non-ortho nitro benzene ring substituents is 1. The van der Waals surface area contributed by atoms with Gasteiger partial charge in [-0.2, -0.15) is 0 Å². The monoisotopic (exact) mass is 332 g/mol. The molecule has 0 radical (unpaired) electrons. The van der Waals surface area contributed by atoms with E-state index in [0.717, 1.165) is 25.7 Å². The van der Waals surface area contributed by atoms with Gasteiger partial charge >= 0.3 is 6.03 Å². The topological polar surface area (TPSA) is 105 Å². The van der Waals surface area contributed by atoms with Crippen LogP contribution < -0.4 is 10.6 Å². The molecule has 1 saturated heterocycles. The lowest BCUT2D eigenvalue weighted by Gasteiger charge is -2.32. The number of urea groups is 1. The van der Waals surface area contributed by atoms with Crippen LogP contribution in [-0.4, -0.2) is 40.9 Å². The van der Waals surface area contributed by atoms with E-state index >= 15 is 0 Å². The van der Waals surface area contributed by atoms with Crippen LogP contribution >= 0.6 is 0 Å². The summed E-state index contributed by atoms with van der Waals surface area (Å²) in [5.74, 6) is 0.473. The van der Waals surface area contributed by atoms with Gasteiger partial charge in [0.25, 0.3) is 5.69 Å². The summed E-state index contributed by atoms with van der Waals surface area (Å²) in [6.45, 7) is 1.33. The average molecular weight is 332 g/mol. The first-order chi connectivity index (χ1) is 11.5. The molecule has 0 atom stereocenters. The molecular weight excluding hydrogens is 312 g/mol. The molecule has 2 N–H and O–H groups in total. The molecule has 2 aliphatic rings. The third kappa shape index (κ3) is 4.01. The Balaban J connectivity index is 1.46. The van der Waals surface area contributed by atoms with Gasteiger partial charge in [-0.15, -0.1) is 0 Å². The Morgan fingerprint density at radius 3 is 2.50 bits per heavy atom. The summed E-state index contributed by atoms with van der Waals surface area (Å²) in [5, 5.41) is 16.2. The molecule has 2 fully saturated rings. The summed E-state index contributed by atoms with van der Waals surface area (Å²) in [5.41, 5.74) is 0.308. The van der Waals surface area contributed by atoms with Gasteiger partial charge in [0.15, 0.2) is 0 Å². The SMILES string of the molecule is O=C(Nc1cccc([N+](=O)[O-])c1)NC1CCN(C(=O)C2CC2)CC1. The summed E-state index contributed by atoms with van der Waals surface area (Å²) < 4.78 is 0. The van der Waals surface area contributed by atoms with Gasteiger partial charge in [0.05, 0.1) is 4.92 Å². The number of likely N-dealkylation sites (tertiary alicyclic amines) is 1. The largest absolute Gasteiger partial charge is 0.342 e. The Kier molecular flexibility index (Phi) is 4.64. The maximum atomic E-state index is 12.0. The number of benzene rings is 1. The van der Waals surface area contributed by atoms with E-state index in [0.29, 0.717) is 18.8 Å². The Morgan fingerprint density at radius 1 is 1.17 bits per heavy atom. The lowest BCUT2D eigenvalue weighted by molar-refractivity contribution is -0.384. The van der Waals surface area contributed by atoms with Crippen LogP contribution in [-0.2, 0) is 4.79 Å². The molecule has 0 unspecified atom stereocenters. The number of nitrogens with zero attached hydrogens (tertiary/aromatic N) is 2. The highest BCUT2D eigenvalue weighted by atomic mass is 16.6. The first-order valence-electron chi connectivity index (χ1n) is 8.13. The maximum Gasteiger partial charge on any atom is 0.319 e. The average Bonchev–Trinajstić information content (AvgIpc) is 3.40. The molecule has 1 aliphatic heterocycles. The van der Waals surface area contributed by atoms with Crippen molar-refractivity contribution in [3.05, 3.63) is 34.4 Å². The van der Waals surface area contributed by atoms with Crippen LogP contribution in [0, 0.1) is 16.0 Å². The summed E-state index contributed by atoms with van der Waals surface area (Å²) in [4.78, 5) is 36.1. The molecule has 24 heavy (non-hydrogen) atoms. The number of nitrogens with one attached hydrogen (secondary N) is 2. The molecule has 1 aromatic carbocycles. The molecular formula is C16H20N4O4. The van der Waals surface area contributed by atoms with E-state index in [9.17, 15) is 19.7 Å². The fourth-order valence-corrected chi connectivity index (χ4v) is 2.88. The van der Waals surface area contributed by atoms with Crippen LogP contribution in [0.25, 0.3) is 0 Å². The first-order valence-corrected chi connectivity index (χ1v) is 8.13. The maximum absolute atomic E-state index is 12.0. The van der Waals surface area contributed by atoms with Crippen molar-refractivity contribution in [2.75, 3.05) is 18.4 Å². The molecule has 0 bridgehead atoms. The second-order valence-electron chi connectivity index (χ2n) is 6.28. The Labute approximate surface area is 139 Å². The third-order valence-corrected chi connectivity index (χ3v) is 4.38. The van der Waals surface area contributed by atoms with E-state index in [4.69, 9.17) is 0 Å². The highest BCUT2D eigenvalue weighted by molar-refractivity contribution is 5.89. The van der Waals surface area contributed by atoms with Gasteiger partial charge in [-0.1, -0.05) is 6.07 Å². The second kappa shape index (κ2) is 6.86. The van der Waals surface area contributed by atoms with Crippen LogP contribution in [0.2, 0.25) is 0 Å². The summed E-state index contributed by atoms with van der Waals surface area (Å²) in [7, 11) is 0. The van der Waals surface area contributed by atoms with Gasteiger partial charge in [-0.25, -0.2) is 4.79 Å². The van der Waals surface area contributed by atoms with Crippen LogP contribution in [0.1, 0.15) is 25.7 Å². The highest BCUT2D eigenvalue weighted by Crippen LogP contribution is 2.31. The van der Waals surface area contributed by atoms with E-state index in [-0.39, 0.29) is 29.6 Å². The molecule has 0 aromatic heterocycles. The summed E-state index contributed by atoms with van der Waals surface area (Å²) in [6, 6.07) is 5.43. The normalized spacial score (nSPS) is 18.1. The highest BCUT2D eigenvalue weighted by Gasteiger charge is 2.35. The van der Waals surface area contributed by atoms with E-state index in [2.05, 4.69) is 10.6 Å². The van der Waals surface area contributed by atoms with Crippen LogP contribution in [0.15, 0.2) is 24.3 Å². The van der Waals surface area contributed by atoms with Crippen LogP contribution in [0.5, 0.6) is 0 Å². The Hall–Kier alpha value is -2.64. The molecule has 8 nitrogen and oxygen atoms in total. The lowest BCUT2D eigenvalue weighted by atomic mass is 10.0. The minimum atomic E-state index is -0.504. The number of carbonyl (C=O) groups is 2. The van der Waals surface area contributed by atoms with Crippen LogP contribution in [0.3, 0.4) is 0 Å². The van der Waals surface area contributed by atoms with Gasteiger partial charge in [0, 0.05) is 42.9 Å². The van der Waals surface area contributed by atoms with Crippen molar-refractivity contribution in [3.63, 3.8) is 0 Å². The van der Waals surface area contributed by atoms with E-state index in [1.807, 2.05) is 4.90 Å². The minimum absolute atomic E-state index is 0.00644. The standard InChI is InChI=1S/C16H20N4O4/c21-15(11-4-5-11)19-8-6-12(7-9-19)17-16(22)18-13-2-1-3-14(10-13)20(23)24/h1-3,10-12H,4-9H2,(H2,17,18,22). The number of nitro groups is 1. The lowest BCUT2D eigenvalue weighted by Crippen LogP contribution is -2.47. The van der Waals surface area contributed by atoms with Gasteiger partial charge in [-0.05, 0) is 31.7 Å². The van der Waals surface area contributed by atoms with Crippen molar-refractivity contribution in [1.82, 2.24) is 10.2 Å². The van der Waals surface area contributed by atoms with Crippen molar-refractivity contribution in [1.29, 1.82) is 0 Å². The number of hydrogen-bond donors (Lipinski definition) is 2. The van der Waals surface area contributed by atoms with Crippen molar-refractivity contribution >= 4 is 23.3 Å². The fourth-order valence-electron chi connectivity index (χ4n) is 2.88. The van der Waals surface area contributed by atoms with Gasteiger partial charge in [0.2, 0.25) is 5.91 Å². The molecule has 128 valence electrons. The van der Waals surface area contributed by atoms with Gasteiger partial charge in [-0.3, -0.25) is 14.9 Å². The van der Waals surface area contributed by atoms with Gasteiger partial charge < -0.3 is 15.5 Å². The number of hydrogen-bond acceptors (Lipinski definition) is 4. The Morgan fingerprint density at radius 2 is 1.88 bits per heavy atom. The van der Waals surface area contributed by atoms with Crippen LogP contribution in [0.4, 0.5) is 16.2 Å². The minimum Gasteiger partial charge on any atom is -0.342 e. The quantitative estimate of drug-likeness (QED) is 0.651. The van der Waals surface area contributed by atoms with E-state index < -0.39 is 4.92 Å². The fraction of sp³-hybridized carbons (Fsp3) is 0.500. The molecule has 1 aliphatic carbocycles. The Bertz CT molecular complexity index is 651. The number of piperidine rings is 1. The zero-order valence-electron chi connectivity index (χ0n) is 13.2. The third-order valence-electron chi connectivity index (χ3n) is 4.38. The van der Waals surface area contributed by atoms with Gasteiger partial charge in [0.1, 0.15) is 0 Å². The first kappa shape index (κ1) is 16.2. The predicted molar refractivity (Wildman–Crippen MR) is 87.6 cm³/mol. The molecule has 1 heterocycles.